The molecule has 0 bridgehead atoms. The third-order valence-corrected chi connectivity index (χ3v) is 1.50. The summed E-state index contributed by atoms with van der Waals surface area (Å²) >= 11 is 0.995. The second-order valence-corrected chi connectivity index (χ2v) is 2.41. The van der Waals surface area contributed by atoms with Gasteiger partial charge in [0.05, 0.1) is 0 Å². The Morgan fingerprint density at radius 3 is 2.25 bits per heavy atom. The molecular formula is C3H8Ge. The van der Waals surface area contributed by atoms with Gasteiger partial charge in [0, 0.05) is 0 Å². The zero-order valence-corrected chi connectivity index (χ0v) is 7.19. The van der Waals surface area contributed by atoms with E-state index in [4.69, 9.17) is 0 Å². The molecule has 0 aromatic rings. The Kier molecular flexibility index (Phi) is 3.52. The molecule has 0 saturated carbocycles. The maximum atomic E-state index is 3.53. The van der Waals surface area contributed by atoms with Crippen LogP contribution in [0.15, 0.2) is 12.7 Å². The van der Waals surface area contributed by atoms with Crippen LogP contribution in [0.3, 0.4) is 0 Å². The predicted octanol–water partition coefficient (Wildman–Crippen LogP) is -0.0439. The van der Waals surface area contributed by atoms with Crippen LogP contribution in [0.2, 0.25) is 5.25 Å². The van der Waals surface area contributed by atoms with Crippen molar-refractivity contribution in [3.63, 3.8) is 0 Å². The Labute approximate surface area is 35.1 Å². The van der Waals surface area contributed by atoms with Crippen molar-refractivity contribution in [3.8, 4) is 0 Å². The molecule has 0 spiro atoms. The summed E-state index contributed by atoms with van der Waals surface area (Å²) in [6, 6.07) is 0. The van der Waals surface area contributed by atoms with E-state index in [1.807, 2.05) is 6.08 Å². The number of allylic oxidation sites excluding steroid dienone is 1. The molecular weight excluding hydrogens is 109 g/mol. The second-order valence-electron chi connectivity index (χ2n) is 0.697. The molecule has 0 nitrogen and oxygen atoms in total. The first-order valence-electron chi connectivity index (χ1n) is 1.52. The van der Waals surface area contributed by atoms with Crippen LogP contribution in [0.25, 0.3) is 0 Å². The molecule has 1 heteroatoms. The standard InChI is InChI=1S/C3H8Ge/c1-2-3-4/h2H,1,3H2,4H3. The van der Waals surface area contributed by atoms with E-state index in [9.17, 15) is 0 Å². The predicted molar refractivity (Wildman–Crippen MR) is 24.9 cm³/mol. The summed E-state index contributed by atoms with van der Waals surface area (Å²) in [5.41, 5.74) is 0. The minimum absolute atomic E-state index is 0.995. The molecule has 0 amide bonds. The maximum absolute atomic E-state index is 3.53. The summed E-state index contributed by atoms with van der Waals surface area (Å²) < 4.78 is 0. The van der Waals surface area contributed by atoms with Gasteiger partial charge in [0.2, 0.25) is 0 Å². The number of hydrogen-bond donors (Lipinski definition) is 0. The van der Waals surface area contributed by atoms with E-state index in [1.165, 1.54) is 5.25 Å². The molecule has 0 aliphatic rings. The van der Waals surface area contributed by atoms with E-state index in [-0.39, 0.29) is 0 Å². The Morgan fingerprint density at radius 1 is 2.00 bits per heavy atom. The summed E-state index contributed by atoms with van der Waals surface area (Å²) in [7, 11) is 0. The van der Waals surface area contributed by atoms with Crippen LogP contribution in [0.5, 0.6) is 0 Å². The quantitative estimate of drug-likeness (QED) is 0.333. The van der Waals surface area contributed by atoms with E-state index >= 15 is 0 Å². The molecule has 0 rings (SSSR count). The van der Waals surface area contributed by atoms with Crippen LogP contribution >= 0.6 is 0 Å². The van der Waals surface area contributed by atoms with Crippen molar-refractivity contribution in [1.82, 2.24) is 0 Å². The van der Waals surface area contributed by atoms with Gasteiger partial charge in [-0.1, -0.05) is 0 Å². The molecule has 0 aliphatic heterocycles. The second kappa shape index (κ2) is 3.28. The molecule has 0 unspecified atom stereocenters. The van der Waals surface area contributed by atoms with Crippen LogP contribution in [-0.4, -0.2) is 16.5 Å². The molecule has 0 N–H and O–H groups in total. The van der Waals surface area contributed by atoms with Crippen molar-refractivity contribution in [3.05, 3.63) is 12.7 Å². The molecule has 0 heterocycles. The van der Waals surface area contributed by atoms with E-state index < -0.39 is 0 Å². The molecule has 0 saturated heterocycles. The normalized spacial score (nSPS) is 7.00. The molecule has 0 fully saturated rings. The van der Waals surface area contributed by atoms with Gasteiger partial charge in [-0.3, -0.25) is 0 Å². The average Bonchev–Trinajstić information content (AvgIpc) is 1.37. The van der Waals surface area contributed by atoms with Crippen molar-refractivity contribution < 1.29 is 0 Å². The van der Waals surface area contributed by atoms with Gasteiger partial charge < -0.3 is 0 Å². The molecule has 0 radical (unpaired) electrons. The fraction of sp³-hybridized carbons (Fsp3) is 0.333. The average molecular weight is 117 g/mol. The van der Waals surface area contributed by atoms with Gasteiger partial charge in [-0.25, -0.2) is 0 Å². The molecule has 0 atom stereocenters. The van der Waals surface area contributed by atoms with Gasteiger partial charge in [0.1, 0.15) is 0 Å². The Morgan fingerprint density at radius 2 is 2.25 bits per heavy atom. The first-order chi connectivity index (χ1) is 1.91. The summed E-state index contributed by atoms with van der Waals surface area (Å²) in [5.74, 6) is 0. The Balaban J connectivity index is 2.30. The molecule has 4 heavy (non-hydrogen) atoms. The summed E-state index contributed by atoms with van der Waals surface area (Å²) in [6.45, 7) is 3.53. The summed E-state index contributed by atoms with van der Waals surface area (Å²) in [5, 5.41) is 1.27. The summed E-state index contributed by atoms with van der Waals surface area (Å²) in [6.07, 6.45) is 1.96. The van der Waals surface area contributed by atoms with E-state index in [2.05, 4.69) is 6.58 Å². The van der Waals surface area contributed by atoms with Gasteiger partial charge in [-0.2, -0.15) is 0 Å². The van der Waals surface area contributed by atoms with E-state index in [0.29, 0.717) is 0 Å². The van der Waals surface area contributed by atoms with Crippen molar-refractivity contribution in [2.45, 2.75) is 5.25 Å². The molecule has 24 valence electrons. The van der Waals surface area contributed by atoms with Crippen molar-refractivity contribution >= 4 is 16.5 Å². The van der Waals surface area contributed by atoms with Crippen LogP contribution in [0, 0.1) is 0 Å². The van der Waals surface area contributed by atoms with Gasteiger partial charge in [-0.15, -0.1) is 0 Å². The van der Waals surface area contributed by atoms with Crippen LogP contribution in [0.4, 0.5) is 0 Å². The SMILES string of the molecule is C=C[CH2][GeH3]. The fourth-order valence-corrected chi connectivity index (χ4v) is 0. The van der Waals surface area contributed by atoms with Gasteiger partial charge >= 0.3 is 34.4 Å². The van der Waals surface area contributed by atoms with Crippen LogP contribution in [0.1, 0.15) is 0 Å². The first-order valence-corrected chi connectivity index (χ1v) is 4.49. The third kappa shape index (κ3) is 2.28. The monoisotopic (exact) mass is 118 g/mol. The van der Waals surface area contributed by atoms with E-state index in [1.54, 1.807) is 0 Å². The minimum atomic E-state index is 0.995. The van der Waals surface area contributed by atoms with Gasteiger partial charge in [0.15, 0.2) is 0 Å². The first kappa shape index (κ1) is 4.28. The third-order valence-electron chi connectivity index (χ3n) is 0.289. The van der Waals surface area contributed by atoms with E-state index in [0.717, 1.165) is 16.5 Å². The number of rotatable bonds is 1. The summed E-state index contributed by atoms with van der Waals surface area (Å²) in [4.78, 5) is 0. The number of hydrogen-bond acceptors (Lipinski definition) is 0. The van der Waals surface area contributed by atoms with Gasteiger partial charge in [0.25, 0.3) is 0 Å². The molecule has 0 aromatic heterocycles. The van der Waals surface area contributed by atoms with Crippen molar-refractivity contribution in [2.75, 3.05) is 0 Å². The topological polar surface area (TPSA) is 0 Å². The molecule has 0 aromatic carbocycles. The Hall–Kier alpha value is 0.283. The zero-order valence-electron chi connectivity index (χ0n) is 2.99. The Bertz CT molecular complexity index is 17.2. The van der Waals surface area contributed by atoms with Crippen molar-refractivity contribution in [1.29, 1.82) is 0 Å². The van der Waals surface area contributed by atoms with Crippen LogP contribution < -0.4 is 0 Å². The van der Waals surface area contributed by atoms with Crippen molar-refractivity contribution in [2.24, 2.45) is 0 Å². The zero-order chi connectivity index (χ0) is 3.41. The fourth-order valence-electron chi connectivity index (χ4n) is 0. The van der Waals surface area contributed by atoms with Crippen LogP contribution in [-0.2, 0) is 0 Å². The molecule has 0 aliphatic carbocycles. The van der Waals surface area contributed by atoms with Gasteiger partial charge in [-0.05, 0) is 0 Å².